The highest BCUT2D eigenvalue weighted by atomic mass is 35.5. The maximum atomic E-state index is 12.9. The zero-order valence-electron chi connectivity index (χ0n) is 13.1. The molecule has 0 aliphatic rings. The molecule has 2 rings (SSSR count). The van der Waals surface area contributed by atoms with Crippen LogP contribution in [-0.2, 0) is 0 Å². The number of hydrogen-bond donors (Lipinski definition) is 2. The Labute approximate surface area is 140 Å². The van der Waals surface area contributed by atoms with E-state index in [1.54, 1.807) is 12.1 Å². The van der Waals surface area contributed by atoms with Gasteiger partial charge in [0, 0.05) is 12.6 Å². The standard InChI is InChI=1S/C15H20FN5O.ClH/c1-10(2)7-12(8-17)19-15(22)14-9-18-21(20-14)13-5-3-11(16)4-6-13;/h3-6,9-10,12H,7-8,17H2,1-2H3,(H,19,22);1H. The maximum Gasteiger partial charge on any atom is 0.273 e. The molecule has 1 amide bonds. The van der Waals surface area contributed by atoms with Gasteiger partial charge in [0.25, 0.3) is 5.91 Å². The molecule has 0 radical (unpaired) electrons. The Hall–Kier alpha value is -1.99. The van der Waals surface area contributed by atoms with Crippen molar-refractivity contribution in [3.8, 4) is 5.69 Å². The molecule has 1 heterocycles. The fourth-order valence-electron chi connectivity index (χ4n) is 2.11. The molecular weight excluding hydrogens is 321 g/mol. The number of hydrogen-bond acceptors (Lipinski definition) is 4. The maximum absolute atomic E-state index is 12.9. The lowest BCUT2D eigenvalue weighted by molar-refractivity contribution is 0.0928. The van der Waals surface area contributed by atoms with Crippen molar-refractivity contribution >= 4 is 18.3 Å². The largest absolute Gasteiger partial charge is 0.347 e. The minimum atomic E-state index is -0.339. The van der Waals surface area contributed by atoms with E-state index in [1.807, 2.05) is 0 Å². The van der Waals surface area contributed by atoms with Gasteiger partial charge in [-0.2, -0.15) is 9.90 Å². The van der Waals surface area contributed by atoms with Crippen LogP contribution < -0.4 is 11.1 Å². The smallest absolute Gasteiger partial charge is 0.273 e. The average molecular weight is 342 g/mol. The number of rotatable bonds is 6. The number of benzene rings is 1. The van der Waals surface area contributed by atoms with Crippen LogP contribution in [0.1, 0.15) is 30.8 Å². The monoisotopic (exact) mass is 341 g/mol. The fourth-order valence-corrected chi connectivity index (χ4v) is 2.11. The van der Waals surface area contributed by atoms with E-state index in [4.69, 9.17) is 5.73 Å². The Balaban J connectivity index is 0.00000264. The van der Waals surface area contributed by atoms with Gasteiger partial charge < -0.3 is 11.1 Å². The lowest BCUT2D eigenvalue weighted by Crippen LogP contribution is -2.41. The van der Waals surface area contributed by atoms with Crippen molar-refractivity contribution in [2.24, 2.45) is 11.7 Å². The van der Waals surface area contributed by atoms with Gasteiger partial charge in [0.15, 0.2) is 5.69 Å². The van der Waals surface area contributed by atoms with Crippen LogP contribution in [0.3, 0.4) is 0 Å². The molecule has 0 aliphatic heterocycles. The van der Waals surface area contributed by atoms with Crippen molar-refractivity contribution in [3.05, 3.63) is 42.0 Å². The predicted octanol–water partition coefficient (Wildman–Crippen LogP) is 1.93. The van der Waals surface area contributed by atoms with Crippen molar-refractivity contribution in [3.63, 3.8) is 0 Å². The summed E-state index contributed by atoms with van der Waals surface area (Å²) in [6, 6.07) is 5.61. The van der Waals surface area contributed by atoms with Gasteiger partial charge in [0.1, 0.15) is 5.82 Å². The van der Waals surface area contributed by atoms with Crippen LogP contribution in [0.5, 0.6) is 0 Å². The lowest BCUT2D eigenvalue weighted by atomic mass is 10.0. The molecular formula is C15H21ClFN5O. The second-order valence-corrected chi connectivity index (χ2v) is 5.53. The van der Waals surface area contributed by atoms with Crippen LogP contribution in [0.4, 0.5) is 4.39 Å². The van der Waals surface area contributed by atoms with Gasteiger partial charge in [-0.05, 0) is 36.6 Å². The molecule has 1 atom stereocenters. The summed E-state index contributed by atoms with van der Waals surface area (Å²) in [5.41, 5.74) is 6.45. The van der Waals surface area contributed by atoms with Gasteiger partial charge in [-0.15, -0.1) is 17.5 Å². The number of amides is 1. The fraction of sp³-hybridized carbons (Fsp3) is 0.400. The molecule has 23 heavy (non-hydrogen) atoms. The van der Waals surface area contributed by atoms with Crippen molar-refractivity contribution in [2.45, 2.75) is 26.3 Å². The highest BCUT2D eigenvalue weighted by Crippen LogP contribution is 2.08. The summed E-state index contributed by atoms with van der Waals surface area (Å²) in [6.45, 7) is 4.51. The zero-order chi connectivity index (χ0) is 16.1. The minimum absolute atomic E-state index is 0. The molecule has 0 fully saturated rings. The third-order valence-corrected chi connectivity index (χ3v) is 3.16. The van der Waals surface area contributed by atoms with E-state index in [1.165, 1.54) is 23.1 Å². The summed E-state index contributed by atoms with van der Waals surface area (Å²) in [5, 5.41) is 11.0. The van der Waals surface area contributed by atoms with Gasteiger partial charge in [-0.25, -0.2) is 4.39 Å². The first kappa shape index (κ1) is 19.1. The quantitative estimate of drug-likeness (QED) is 0.840. The van der Waals surface area contributed by atoms with Crippen molar-refractivity contribution < 1.29 is 9.18 Å². The number of carbonyl (C=O) groups excluding carboxylic acids is 1. The topological polar surface area (TPSA) is 85.8 Å². The van der Waals surface area contributed by atoms with Crippen molar-refractivity contribution in [2.75, 3.05) is 6.54 Å². The molecule has 1 aromatic heterocycles. The first-order chi connectivity index (χ1) is 10.5. The van der Waals surface area contributed by atoms with Crippen LogP contribution in [0.2, 0.25) is 0 Å². The van der Waals surface area contributed by atoms with Gasteiger partial charge in [0.05, 0.1) is 11.9 Å². The Bertz CT molecular complexity index is 629. The van der Waals surface area contributed by atoms with E-state index in [-0.39, 0.29) is 35.9 Å². The van der Waals surface area contributed by atoms with E-state index < -0.39 is 0 Å². The predicted molar refractivity (Wildman–Crippen MR) is 88.3 cm³/mol. The number of aromatic nitrogens is 3. The molecule has 8 heteroatoms. The molecule has 1 unspecified atom stereocenters. The van der Waals surface area contributed by atoms with Crippen LogP contribution >= 0.6 is 12.4 Å². The van der Waals surface area contributed by atoms with E-state index in [0.29, 0.717) is 18.2 Å². The first-order valence-electron chi connectivity index (χ1n) is 7.18. The van der Waals surface area contributed by atoms with Crippen LogP contribution in [0, 0.1) is 11.7 Å². The number of halogens is 2. The second-order valence-electron chi connectivity index (χ2n) is 5.53. The first-order valence-corrected chi connectivity index (χ1v) is 7.18. The molecule has 0 spiro atoms. The number of nitrogens with zero attached hydrogens (tertiary/aromatic N) is 3. The van der Waals surface area contributed by atoms with Crippen molar-refractivity contribution in [1.82, 2.24) is 20.3 Å². The van der Waals surface area contributed by atoms with Crippen LogP contribution in [0.15, 0.2) is 30.5 Å². The normalized spacial score (nSPS) is 11.9. The third-order valence-electron chi connectivity index (χ3n) is 3.16. The number of nitrogens with one attached hydrogen (secondary N) is 1. The summed E-state index contributed by atoms with van der Waals surface area (Å²) in [5.74, 6) is -0.221. The average Bonchev–Trinajstić information content (AvgIpc) is 2.96. The Morgan fingerprint density at radius 1 is 1.35 bits per heavy atom. The molecule has 0 bridgehead atoms. The number of carbonyl (C=O) groups is 1. The van der Waals surface area contributed by atoms with E-state index in [0.717, 1.165) is 6.42 Å². The molecule has 0 saturated carbocycles. The summed E-state index contributed by atoms with van der Waals surface area (Å²) < 4.78 is 12.9. The summed E-state index contributed by atoms with van der Waals surface area (Å²) in [4.78, 5) is 13.4. The second kappa shape index (κ2) is 8.59. The SMILES string of the molecule is CC(C)CC(CN)NC(=O)c1cnn(-c2ccc(F)cc2)n1.Cl. The van der Waals surface area contributed by atoms with E-state index in [2.05, 4.69) is 29.4 Å². The Morgan fingerprint density at radius 2 is 2.00 bits per heavy atom. The van der Waals surface area contributed by atoms with Gasteiger partial charge in [-0.1, -0.05) is 13.8 Å². The summed E-state index contributed by atoms with van der Waals surface area (Å²) >= 11 is 0. The van der Waals surface area contributed by atoms with Gasteiger partial charge in [-0.3, -0.25) is 4.79 Å². The Kier molecular flexibility index (Phi) is 7.12. The molecule has 2 aromatic rings. The Morgan fingerprint density at radius 3 is 2.57 bits per heavy atom. The zero-order valence-corrected chi connectivity index (χ0v) is 13.9. The summed E-state index contributed by atoms with van der Waals surface area (Å²) in [6.07, 6.45) is 2.18. The molecule has 126 valence electrons. The van der Waals surface area contributed by atoms with Gasteiger partial charge >= 0.3 is 0 Å². The molecule has 0 saturated heterocycles. The van der Waals surface area contributed by atoms with Crippen molar-refractivity contribution in [1.29, 1.82) is 0 Å². The van der Waals surface area contributed by atoms with E-state index in [9.17, 15) is 9.18 Å². The highest BCUT2D eigenvalue weighted by Gasteiger charge is 2.16. The highest BCUT2D eigenvalue weighted by molar-refractivity contribution is 5.92. The summed E-state index contributed by atoms with van der Waals surface area (Å²) in [7, 11) is 0. The molecule has 3 N–H and O–H groups in total. The van der Waals surface area contributed by atoms with Crippen LogP contribution in [-0.4, -0.2) is 33.5 Å². The van der Waals surface area contributed by atoms with Crippen LogP contribution in [0.25, 0.3) is 5.69 Å². The molecule has 0 aliphatic carbocycles. The van der Waals surface area contributed by atoms with Gasteiger partial charge in [0.2, 0.25) is 0 Å². The third kappa shape index (κ3) is 5.30. The molecule has 6 nitrogen and oxygen atoms in total. The number of nitrogens with two attached hydrogens (primary N) is 1. The lowest BCUT2D eigenvalue weighted by Gasteiger charge is -2.17. The van der Waals surface area contributed by atoms with E-state index >= 15 is 0 Å². The molecule has 1 aromatic carbocycles. The minimum Gasteiger partial charge on any atom is -0.347 e.